The molecule has 0 saturated carbocycles. The van der Waals surface area contributed by atoms with E-state index >= 15 is 0 Å². The molecule has 0 heterocycles. The molecule has 0 aliphatic rings. The van der Waals surface area contributed by atoms with Crippen molar-refractivity contribution in [2.45, 2.75) is 25.1 Å². The van der Waals surface area contributed by atoms with Gasteiger partial charge in [0.15, 0.2) is 0 Å². The molecule has 0 aliphatic heterocycles. The van der Waals surface area contributed by atoms with Crippen LogP contribution in [0.2, 0.25) is 5.02 Å². The van der Waals surface area contributed by atoms with E-state index in [0.717, 1.165) is 16.9 Å². The van der Waals surface area contributed by atoms with Crippen molar-refractivity contribution in [3.63, 3.8) is 0 Å². The van der Waals surface area contributed by atoms with Gasteiger partial charge < -0.3 is 4.90 Å². The van der Waals surface area contributed by atoms with Gasteiger partial charge in [-0.2, -0.15) is 0 Å². The van der Waals surface area contributed by atoms with E-state index in [1.54, 1.807) is 0 Å². The first-order valence-electron chi connectivity index (χ1n) is 6.93. The fraction of sp³-hybridized carbons (Fsp3) is 0.294. The Labute approximate surface area is 134 Å². The van der Waals surface area contributed by atoms with E-state index in [-0.39, 0.29) is 0 Å². The van der Waals surface area contributed by atoms with Crippen molar-refractivity contribution >= 4 is 38.9 Å². The second-order valence-corrected chi connectivity index (χ2v) is 5.74. The third-order valence-corrected chi connectivity index (χ3v) is 4.12. The Balaban J connectivity index is 2.41. The predicted octanol–water partition coefficient (Wildman–Crippen LogP) is 6.17. The molecule has 0 fully saturated rings. The summed E-state index contributed by atoms with van der Waals surface area (Å²) in [5, 5.41) is 1.59. The molecule has 2 rings (SSSR count). The molecule has 0 radical (unpaired) electrons. The first-order valence-corrected chi connectivity index (χ1v) is 8.43. The zero-order valence-electron chi connectivity index (χ0n) is 11.7. The lowest BCUT2D eigenvalue weighted by atomic mass is 10.1. The second-order valence-electron chi connectivity index (χ2n) is 4.75. The maximum Gasteiger partial charge on any atom is 0.0452 e. The van der Waals surface area contributed by atoms with E-state index < -0.39 is 0 Å². The van der Waals surface area contributed by atoms with Gasteiger partial charge in [-0.3, -0.25) is 0 Å². The quantitative estimate of drug-likeness (QED) is 0.562. The normalized spacial score (nSPS) is 10.6. The van der Waals surface area contributed by atoms with Gasteiger partial charge in [0, 0.05) is 28.3 Å². The third-order valence-electron chi connectivity index (χ3n) is 3.28. The van der Waals surface area contributed by atoms with Crippen molar-refractivity contribution < 1.29 is 0 Å². The maximum absolute atomic E-state index is 6.11. The van der Waals surface area contributed by atoms with Crippen LogP contribution >= 0.6 is 27.5 Å². The van der Waals surface area contributed by atoms with Crippen molar-refractivity contribution in [1.82, 2.24) is 0 Å². The van der Waals surface area contributed by atoms with Crippen LogP contribution in [-0.4, -0.2) is 6.54 Å². The van der Waals surface area contributed by atoms with Gasteiger partial charge >= 0.3 is 0 Å². The second kappa shape index (κ2) is 7.70. The Bertz CT molecular complexity index is 542. The van der Waals surface area contributed by atoms with E-state index in [1.807, 2.05) is 12.1 Å². The number of nitrogens with zero attached hydrogens (tertiary/aromatic N) is 1. The molecule has 0 aliphatic carbocycles. The highest BCUT2D eigenvalue weighted by Gasteiger charge is 2.12. The molecule has 0 N–H and O–H groups in total. The van der Waals surface area contributed by atoms with Crippen LogP contribution in [0, 0.1) is 0 Å². The van der Waals surface area contributed by atoms with Crippen molar-refractivity contribution in [1.29, 1.82) is 0 Å². The zero-order chi connectivity index (χ0) is 14.4. The van der Waals surface area contributed by atoms with Crippen LogP contribution in [0.1, 0.15) is 25.3 Å². The number of halogens is 2. The van der Waals surface area contributed by atoms with Gasteiger partial charge in [0.1, 0.15) is 0 Å². The highest BCUT2D eigenvalue weighted by molar-refractivity contribution is 9.08. The number of hydrogen-bond donors (Lipinski definition) is 0. The molecule has 0 atom stereocenters. The minimum atomic E-state index is 0.784. The molecule has 0 saturated heterocycles. The van der Waals surface area contributed by atoms with Crippen molar-refractivity contribution in [2.75, 3.05) is 11.4 Å². The number of benzene rings is 2. The monoisotopic (exact) mass is 351 g/mol. The lowest BCUT2D eigenvalue weighted by Crippen LogP contribution is -2.19. The molecule has 2 aromatic rings. The first kappa shape index (κ1) is 15.4. The van der Waals surface area contributed by atoms with Crippen LogP contribution < -0.4 is 4.90 Å². The SMILES string of the molecule is CCCCN(c1ccccc1)c1ccc(Cl)cc1CBr. The lowest BCUT2D eigenvalue weighted by Gasteiger charge is -2.27. The van der Waals surface area contributed by atoms with Gasteiger partial charge in [0.05, 0.1) is 0 Å². The number of alkyl halides is 1. The van der Waals surface area contributed by atoms with Crippen molar-refractivity contribution in [3.05, 3.63) is 59.1 Å². The number of rotatable bonds is 6. The molecule has 0 bridgehead atoms. The third kappa shape index (κ3) is 3.77. The van der Waals surface area contributed by atoms with Crippen LogP contribution in [-0.2, 0) is 5.33 Å². The van der Waals surface area contributed by atoms with Gasteiger partial charge in [-0.15, -0.1) is 0 Å². The number of anilines is 2. The Hall–Kier alpha value is -0.990. The summed E-state index contributed by atoms with van der Waals surface area (Å²) in [7, 11) is 0. The number of hydrogen-bond acceptors (Lipinski definition) is 1. The maximum atomic E-state index is 6.11. The fourth-order valence-electron chi connectivity index (χ4n) is 2.24. The zero-order valence-corrected chi connectivity index (χ0v) is 14.0. The van der Waals surface area contributed by atoms with E-state index in [2.05, 4.69) is 64.2 Å². The molecule has 0 amide bonds. The summed E-state index contributed by atoms with van der Waals surface area (Å²) in [6.45, 7) is 3.23. The molecule has 0 aromatic heterocycles. The van der Waals surface area contributed by atoms with E-state index in [1.165, 1.54) is 29.8 Å². The Morgan fingerprint density at radius 2 is 1.85 bits per heavy atom. The van der Waals surface area contributed by atoms with Gasteiger partial charge in [-0.05, 0) is 42.3 Å². The summed E-state index contributed by atoms with van der Waals surface area (Å²) >= 11 is 9.68. The highest BCUT2D eigenvalue weighted by Crippen LogP contribution is 2.32. The molecule has 2 aromatic carbocycles. The molecular formula is C17H19BrClN. The van der Waals surface area contributed by atoms with Crippen LogP contribution in [0.3, 0.4) is 0 Å². The first-order chi connectivity index (χ1) is 9.76. The fourth-order valence-corrected chi connectivity index (χ4v) is 2.88. The Morgan fingerprint density at radius 3 is 2.50 bits per heavy atom. The molecule has 3 heteroatoms. The largest absolute Gasteiger partial charge is 0.341 e. The highest BCUT2D eigenvalue weighted by atomic mass is 79.9. The minimum absolute atomic E-state index is 0.784. The number of unbranched alkanes of at least 4 members (excludes halogenated alkanes) is 1. The van der Waals surface area contributed by atoms with Crippen LogP contribution in [0.4, 0.5) is 11.4 Å². The summed E-state index contributed by atoms with van der Waals surface area (Å²) in [5.41, 5.74) is 3.67. The topological polar surface area (TPSA) is 3.24 Å². The van der Waals surface area contributed by atoms with Gasteiger partial charge in [-0.25, -0.2) is 0 Å². The minimum Gasteiger partial charge on any atom is -0.341 e. The van der Waals surface area contributed by atoms with E-state index in [9.17, 15) is 0 Å². The predicted molar refractivity (Wildman–Crippen MR) is 92.4 cm³/mol. The van der Waals surface area contributed by atoms with Gasteiger partial charge in [0.25, 0.3) is 0 Å². The lowest BCUT2D eigenvalue weighted by molar-refractivity contribution is 0.784. The summed E-state index contributed by atoms with van der Waals surface area (Å²) in [5.74, 6) is 0. The summed E-state index contributed by atoms with van der Waals surface area (Å²) in [6, 6.07) is 16.6. The summed E-state index contributed by atoms with van der Waals surface area (Å²) in [6.07, 6.45) is 2.35. The van der Waals surface area contributed by atoms with Crippen LogP contribution in [0.15, 0.2) is 48.5 Å². The molecule has 0 unspecified atom stereocenters. The van der Waals surface area contributed by atoms with E-state index in [4.69, 9.17) is 11.6 Å². The van der Waals surface area contributed by atoms with Gasteiger partial charge in [-0.1, -0.05) is 59.1 Å². The smallest absolute Gasteiger partial charge is 0.0452 e. The van der Waals surface area contributed by atoms with Crippen molar-refractivity contribution in [2.24, 2.45) is 0 Å². The number of para-hydroxylation sites is 1. The van der Waals surface area contributed by atoms with Crippen LogP contribution in [0.5, 0.6) is 0 Å². The summed E-state index contributed by atoms with van der Waals surface area (Å²) < 4.78 is 0. The van der Waals surface area contributed by atoms with Gasteiger partial charge in [0.2, 0.25) is 0 Å². The average Bonchev–Trinajstić information content (AvgIpc) is 2.49. The Kier molecular flexibility index (Phi) is 5.93. The molecule has 106 valence electrons. The summed E-state index contributed by atoms with van der Waals surface area (Å²) in [4.78, 5) is 2.37. The van der Waals surface area contributed by atoms with E-state index in [0.29, 0.717) is 0 Å². The van der Waals surface area contributed by atoms with Crippen molar-refractivity contribution in [3.8, 4) is 0 Å². The molecular weight excluding hydrogens is 334 g/mol. The molecule has 20 heavy (non-hydrogen) atoms. The standard InChI is InChI=1S/C17H19BrClN/c1-2-3-11-20(16-7-5-4-6-8-16)17-10-9-15(19)12-14(17)13-18/h4-10,12H,2-3,11,13H2,1H3. The molecule has 0 spiro atoms. The Morgan fingerprint density at radius 1 is 1.10 bits per heavy atom. The van der Waals surface area contributed by atoms with Crippen LogP contribution in [0.25, 0.3) is 0 Å². The molecule has 1 nitrogen and oxygen atoms in total. The average molecular weight is 353 g/mol.